The molecule has 326 valence electrons. The van der Waals surface area contributed by atoms with Gasteiger partial charge in [0.1, 0.15) is 0 Å². The van der Waals surface area contributed by atoms with E-state index < -0.39 is 70.4 Å². The van der Waals surface area contributed by atoms with Crippen molar-refractivity contribution in [3.8, 4) is 0 Å². The normalized spacial score (nSPS) is 50.1. The summed E-state index contributed by atoms with van der Waals surface area (Å²) in [4.78, 5) is 0. The first-order valence-corrected chi connectivity index (χ1v) is 39.0. The molecule has 13 rings (SSSR count). The highest BCUT2D eigenvalue weighted by atomic mass is 28.6. The van der Waals surface area contributed by atoms with E-state index in [1.165, 1.54) is 0 Å². The van der Waals surface area contributed by atoms with Crippen LogP contribution < -0.4 is 0 Å². The Bertz CT molecular complexity index is 1360. The predicted octanol–water partition coefficient (Wildman–Crippen LogP) is 10.8. The lowest BCUT2D eigenvalue weighted by Crippen LogP contribution is -2.91. The molecule has 0 atom stereocenters. The fraction of sp³-hybridized carbons (Fsp3) is 1.00. The summed E-state index contributed by atoms with van der Waals surface area (Å²) in [5.41, 5.74) is 0.471. The van der Waals surface area contributed by atoms with Gasteiger partial charge in [-0.2, -0.15) is 0 Å². The second-order valence-corrected chi connectivity index (χ2v) is 47.4. The van der Waals surface area contributed by atoms with Crippen molar-refractivity contribution in [2.75, 3.05) is 0 Å². The van der Waals surface area contributed by atoms with Crippen LogP contribution in [-0.2, 0) is 49.4 Å². The maximum absolute atomic E-state index is 8.43. The molecule has 20 heteroatoms. The predicted molar refractivity (Wildman–Crippen MR) is 230 cm³/mol. The van der Waals surface area contributed by atoms with Crippen LogP contribution in [0.15, 0.2) is 0 Å². The highest BCUT2D eigenvalue weighted by Gasteiger charge is 2.88. The Morgan fingerprint density at radius 2 is 0.379 bits per heavy atom. The van der Waals surface area contributed by atoms with E-state index in [9.17, 15) is 0 Å². The van der Waals surface area contributed by atoms with Gasteiger partial charge in [-0.1, -0.05) is 104 Å². The van der Waals surface area contributed by atoms with Crippen molar-refractivity contribution in [1.29, 1.82) is 0 Å². The Morgan fingerprint density at radius 1 is 0.241 bits per heavy atom. The number of rotatable bonds is 8. The van der Waals surface area contributed by atoms with Crippen molar-refractivity contribution in [2.24, 2.45) is 0 Å². The lowest BCUT2D eigenvalue weighted by atomic mass is 10.4. The van der Waals surface area contributed by atoms with E-state index in [-0.39, 0.29) is 44.3 Å². The highest BCUT2D eigenvalue weighted by molar-refractivity contribution is 7.04. The molecule has 6 heterocycles. The summed E-state index contributed by atoms with van der Waals surface area (Å²) in [6.07, 6.45) is 29.7. The summed E-state index contributed by atoms with van der Waals surface area (Å²) in [6, 6.07) is 0. The minimum absolute atomic E-state index is 0.0776. The largest absolute Gasteiger partial charge is 0.482 e. The average molecular weight is 944 g/mol. The monoisotopic (exact) mass is 942 g/mol. The van der Waals surface area contributed by atoms with Gasteiger partial charge < -0.3 is 49.4 Å². The number of hydrogen-bond acceptors (Lipinski definition) is 12. The Kier molecular flexibility index (Phi) is 10.5. The van der Waals surface area contributed by atoms with Gasteiger partial charge in [-0.25, -0.2) is 0 Å². The van der Waals surface area contributed by atoms with E-state index in [0.29, 0.717) is 0 Å². The molecule has 0 amide bonds. The maximum atomic E-state index is 8.43. The van der Waals surface area contributed by atoms with Crippen LogP contribution in [0.25, 0.3) is 0 Å². The molecule has 7 aliphatic carbocycles. The maximum Gasteiger partial charge on any atom is 0.482 e. The Hall–Kier alpha value is 1.26. The van der Waals surface area contributed by atoms with E-state index >= 15 is 0 Å². The second-order valence-electron chi connectivity index (χ2n) is 21.1. The minimum Gasteiger partial charge on any atom is -0.373 e. The molecule has 0 radical (unpaired) electrons. The zero-order valence-electron chi connectivity index (χ0n) is 35.3. The molecule has 0 aromatic carbocycles. The Labute approximate surface area is 356 Å². The Balaban J connectivity index is 1.19. The number of hydrogen-bond donors (Lipinski definition) is 0. The Morgan fingerprint density at radius 3 is 0.517 bits per heavy atom. The van der Waals surface area contributed by atoms with Gasteiger partial charge in [0.15, 0.2) is 0 Å². The van der Waals surface area contributed by atoms with Crippen molar-refractivity contribution < 1.29 is 49.4 Å². The van der Waals surface area contributed by atoms with Crippen molar-refractivity contribution in [1.82, 2.24) is 0 Å². The van der Waals surface area contributed by atoms with Gasteiger partial charge in [-0.3, -0.25) is 0 Å². The van der Waals surface area contributed by atoms with Gasteiger partial charge in [0, 0.05) is 44.3 Å². The zero-order chi connectivity index (χ0) is 38.9. The first kappa shape index (κ1) is 40.7. The molecule has 12 nitrogen and oxygen atoms in total. The van der Waals surface area contributed by atoms with Crippen LogP contribution in [-0.4, -0.2) is 70.4 Å². The van der Waals surface area contributed by atoms with Crippen LogP contribution in [0, 0.1) is 0 Å². The summed E-state index contributed by atoms with van der Waals surface area (Å²) in [7, 11) is -30.8. The molecule has 0 aromatic rings. The van der Waals surface area contributed by atoms with Crippen LogP contribution in [0.1, 0.15) is 194 Å². The van der Waals surface area contributed by atoms with Crippen molar-refractivity contribution >= 4 is 70.4 Å². The lowest BCUT2D eigenvalue weighted by Gasteiger charge is -2.67. The van der Waals surface area contributed by atoms with Crippen LogP contribution in [0.4, 0.5) is 0 Å². The van der Waals surface area contributed by atoms with E-state index in [4.69, 9.17) is 49.4 Å². The fourth-order valence-electron chi connectivity index (χ4n) is 13.9. The summed E-state index contributed by atoms with van der Waals surface area (Å²) in [5, 5.41) is 0. The van der Waals surface area contributed by atoms with Crippen LogP contribution in [0.5, 0.6) is 0 Å². The molecule has 0 N–H and O–H groups in total. The topological polar surface area (TPSA) is 111 Å². The fourth-order valence-corrected chi connectivity index (χ4v) is 70.6. The van der Waals surface area contributed by atoms with E-state index in [2.05, 4.69) is 13.8 Å². The van der Waals surface area contributed by atoms with E-state index in [0.717, 1.165) is 180 Å². The van der Waals surface area contributed by atoms with Crippen LogP contribution >= 0.6 is 0 Å². The lowest BCUT2D eigenvalue weighted by molar-refractivity contribution is -0.0473. The van der Waals surface area contributed by atoms with Gasteiger partial charge in [0.05, 0.1) is 0 Å². The second kappa shape index (κ2) is 14.9. The first-order valence-electron chi connectivity index (χ1n) is 24.6. The van der Waals surface area contributed by atoms with Gasteiger partial charge in [-0.05, 0) is 89.9 Å². The van der Waals surface area contributed by atoms with Crippen molar-refractivity contribution in [3.63, 3.8) is 0 Å². The molecule has 6 aliphatic heterocycles. The summed E-state index contributed by atoms with van der Waals surface area (Å²) in [6.45, 7) is 4.49. The van der Waals surface area contributed by atoms with Crippen molar-refractivity contribution in [3.05, 3.63) is 0 Å². The van der Waals surface area contributed by atoms with Crippen LogP contribution in [0.2, 0.25) is 44.3 Å². The standard InChI is InChI=1S/C38H70O12Si8/c1-31(2)51-39-52(32-17-3-4-18-32)42-55(35-23-9-10-24-35)44-53(40-51,33-19-5-6-20-33)46-57(37-27-13-14-28-37)47-54(41-51,34-21-7-8-22-34)45-56(43-52,36-25-11-12-26-36)49-58(48-55,50-57)38-29-15-16-30-38/h31-38H,3-30H2,1-2H3. The molecular weight excluding hydrogens is 873 g/mol. The van der Waals surface area contributed by atoms with Gasteiger partial charge in [0.2, 0.25) is 0 Å². The van der Waals surface area contributed by atoms with E-state index in [1.54, 1.807) is 0 Å². The molecule has 0 spiro atoms. The smallest absolute Gasteiger partial charge is 0.373 e. The molecular formula is C38H70O12Si8. The van der Waals surface area contributed by atoms with Gasteiger partial charge in [-0.15, -0.1) is 0 Å². The molecule has 8 bridgehead atoms. The third-order valence-corrected chi connectivity index (χ3v) is 56.9. The summed E-state index contributed by atoms with van der Waals surface area (Å²) in [5.74, 6) is 0. The van der Waals surface area contributed by atoms with Crippen molar-refractivity contribution in [2.45, 2.75) is 238 Å². The SMILES string of the molecule is CC(C)[Si]12O[Si]3(C4CCCC4)O[Si]4(C5CCCC5)O[Si](C5CCCC5)(O1)O[Si]1(C5CCCC5)O[Si](C5CCCC5)(O2)O[Si](C2CCCC2)(O3)O[Si](C2CCCC2)(O4)O1. The van der Waals surface area contributed by atoms with Gasteiger partial charge >= 0.3 is 70.4 Å². The quantitative estimate of drug-likeness (QED) is 0.216. The highest BCUT2D eigenvalue weighted by Crippen LogP contribution is 2.66. The van der Waals surface area contributed by atoms with E-state index in [1.807, 2.05) is 0 Å². The molecule has 58 heavy (non-hydrogen) atoms. The summed E-state index contributed by atoms with van der Waals surface area (Å²) < 4.78 is 100. The third kappa shape index (κ3) is 6.25. The molecule has 13 aliphatic rings. The molecule has 13 fully saturated rings. The molecule has 0 unspecified atom stereocenters. The van der Waals surface area contributed by atoms with Gasteiger partial charge in [0.25, 0.3) is 0 Å². The minimum atomic E-state index is -3.87. The molecule has 7 saturated carbocycles. The zero-order valence-corrected chi connectivity index (χ0v) is 43.3. The first-order chi connectivity index (χ1) is 28.2. The average Bonchev–Trinajstić information content (AvgIpc) is 4.03. The molecule has 6 saturated heterocycles. The third-order valence-electron chi connectivity index (χ3n) is 17.1. The van der Waals surface area contributed by atoms with Crippen LogP contribution in [0.3, 0.4) is 0 Å². The molecule has 0 aromatic heterocycles. The summed E-state index contributed by atoms with van der Waals surface area (Å²) >= 11 is 0.